The second-order valence-corrected chi connectivity index (χ2v) is 6.70. The van der Waals surface area contributed by atoms with Crippen molar-refractivity contribution in [1.82, 2.24) is 4.31 Å². The van der Waals surface area contributed by atoms with Gasteiger partial charge in [0.2, 0.25) is 10.0 Å². The predicted octanol–water partition coefficient (Wildman–Crippen LogP) is 1.19. The first-order valence-corrected chi connectivity index (χ1v) is 7.12. The summed E-state index contributed by atoms with van der Waals surface area (Å²) in [6, 6.07) is 0. The van der Waals surface area contributed by atoms with E-state index in [1.807, 2.05) is 13.8 Å². The normalized spacial score (nSPS) is 28.2. The molecule has 0 aromatic carbocycles. The molecule has 1 fully saturated rings. The molecule has 0 aromatic rings. The lowest BCUT2D eigenvalue weighted by Gasteiger charge is -2.43. The molecule has 94 valence electrons. The molecule has 1 rings (SSSR count). The molecule has 1 N–H and O–H groups in total. The van der Waals surface area contributed by atoms with Gasteiger partial charge in [-0.05, 0) is 18.8 Å². The highest BCUT2D eigenvalue weighted by Crippen LogP contribution is 2.37. The maximum atomic E-state index is 11.7. The van der Waals surface area contributed by atoms with Gasteiger partial charge in [0, 0.05) is 23.9 Å². The summed E-state index contributed by atoms with van der Waals surface area (Å²) in [5.74, 6) is 0.264. The zero-order valence-electron chi connectivity index (χ0n) is 10.0. The second kappa shape index (κ2) is 4.85. The summed E-state index contributed by atoms with van der Waals surface area (Å²) in [7, 11) is -3.35. The highest BCUT2D eigenvalue weighted by molar-refractivity contribution is 7.92. The summed E-state index contributed by atoms with van der Waals surface area (Å²) < 4.78 is 24.8. The van der Waals surface area contributed by atoms with Crippen molar-refractivity contribution < 1.29 is 13.5 Å². The first-order chi connectivity index (χ1) is 7.38. The van der Waals surface area contributed by atoms with Crippen LogP contribution in [0.1, 0.15) is 26.7 Å². The van der Waals surface area contributed by atoms with Gasteiger partial charge in [0.25, 0.3) is 0 Å². The van der Waals surface area contributed by atoms with Gasteiger partial charge in [0.15, 0.2) is 0 Å². The van der Waals surface area contributed by atoms with Crippen LogP contribution >= 0.6 is 0 Å². The summed E-state index contributed by atoms with van der Waals surface area (Å²) in [5, 5.41) is 10.5. The minimum atomic E-state index is -3.35. The van der Waals surface area contributed by atoms with E-state index in [2.05, 4.69) is 6.58 Å². The fourth-order valence-corrected chi connectivity index (χ4v) is 3.25. The van der Waals surface area contributed by atoms with Crippen molar-refractivity contribution in [1.29, 1.82) is 0 Å². The van der Waals surface area contributed by atoms with Crippen molar-refractivity contribution in [3.05, 3.63) is 12.0 Å². The van der Waals surface area contributed by atoms with E-state index >= 15 is 0 Å². The fraction of sp³-hybridized carbons (Fsp3) is 0.818. The van der Waals surface area contributed by atoms with Crippen LogP contribution in [0.25, 0.3) is 0 Å². The molecule has 1 heterocycles. The number of hydrogen-bond donors (Lipinski definition) is 1. The van der Waals surface area contributed by atoms with Crippen LogP contribution in [0.15, 0.2) is 12.0 Å². The molecular formula is C11H21NO3S. The zero-order valence-corrected chi connectivity index (χ0v) is 10.8. The van der Waals surface area contributed by atoms with E-state index in [0.717, 1.165) is 18.2 Å². The van der Waals surface area contributed by atoms with Crippen molar-refractivity contribution in [3.8, 4) is 0 Å². The van der Waals surface area contributed by atoms with Crippen molar-refractivity contribution in [3.63, 3.8) is 0 Å². The highest BCUT2D eigenvalue weighted by atomic mass is 32.2. The number of aliphatic hydroxyl groups is 1. The maximum Gasteiger partial charge on any atom is 0.235 e. The van der Waals surface area contributed by atoms with Crippen molar-refractivity contribution in [2.75, 3.05) is 19.7 Å². The van der Waals surface area contributed by atoms with Gasteiger partial charge in [-0.25, -0.2) is 8.42 Å². The van der Waals surface area contributed by atoms with Crippen LogP contribution in [0.3, 0.4) is 0 Å². The number of sulfonamides is 1. The van der Waals surface area contributed by atoms with E-state index in [1.165, 1.54) is 4.31 Å². The third-order valence-corrected chi connectivity index (χ3v) is 5.14. The Bertz CT molecular complexity index is 350. The standard InChI is InChI=1S/C11H21NO3S/c1-4-16(14,15)12-7-5-6-11(8-12,9-13)10(2)3/h4,10,13H,1,5-9H2,2-3H3. The van der Waals surface area contributed by atoms with Crippen molar-refractivity contribution >= 4 is 10.0 Å². The quantitative estimate of drug-likeness (QED) is 0.812. The predicted molar refractivity (Wildman–Crippen MR) is 64.3 cm³/mol. The molecule has 4 nitrogen and oxygen atoms in total. The van der Waals surface area contributed by atoms with E-state index in [4.69, 9.17) is 0 Å². The van der Waals surface area contributed by atoms with E-state index in [9.17, 15) is 13.5 Å². The van der Waals surface area contributed by atoms with Crippen molar-refractivity contribution in [2.24, 2.45) is 11.3 Å². The Morgan fingerprint density at radius 3 is 2.62 bits per heavy atom. The molecule has 5 heteroatoms. The number of aliphatic hydroxyl groups excluding tert-OH is 1. The Balaban J connectivity index is 2.93. The summed E-state index contributed by atoms with van der Waals surface area (Å²) in [4.78, 5) is 0. The molecule has 0 bridgehead atoms. The minimum Gasteiger partial charge on any atom is -0.396 e. The molecule has 1 atom stereocenters. The average molecular weight is 247 g/mol. The number of piperidine rings is 1. The Morgan fingerprint density at radius 1 is 1.56 bits per heavy atom. The molecule has 0 radical (unpaired) electrons. The minimum absolute atomic E-state index is 0.0355. The zero-order chi connectivity index (χ0) is 12.4. The molecule has 1 aliphatic rings. The smallest absolute Gasteiger partial charge is 0.235 e. The Morgan fingerprint density at radius 2 is 2.19 bits per heavy atom. The third-order valence-electron chi connectivity index (χ3n) is 3.68. The number of nitrogens with zero attached hydrogens (tertiary/aromatic N) is 1. The molecule has 0 amide bonds. The molecule has 0 aromatic heterocycles. The first kappa shape index (κ1) is 13.7. The lowest BCUT2D eigenvalue weighted by Crippen LogP contribution is -2.49. The molecule has 0 saturated carbocycles. The van der Waals surface area contributed by atoms with Gasteiger partial charge in [-0.3, -0.25) is 0 Å². The van der Waals surface area contributed by atoms with Gasteiger partial charge in [-0.15, -0.1) is 0 Å². The van der Waals surface area contributed by atoms with Crippen LogP contribution in [-0.2, 0) is 10.0 Å². The maximum absolute atomic E-state index is 11.7. The largest absolute Gasteiger partial charge is 0.396 e. The van der Waals surface area contributed by atoms with E-state index in [-0.39, 0.29) is 17.9 Å². The second-order valence-electron chi connectivity index (χ2n) is 4.82. The molecule has 16 heavy (non-hydrogen) atoms. The van der Waals surface area contributed by atoms with Gasteiger partial charge < -0.3 is 5.11 Å². The first-order valence-electron chi connectivity index (χ1n) is 5.61. The van der Waals surface area contributed by atoms with Crippen LogP contribution in [0, 0.1) is 11.3 Å². The lowest BCUT2D eigenvalue weighted by atomic mass is 9.72. The highest BCUT2D eigenvalue weighted by Gasteiger charge is 2.40. The molecule has 0 spiro atoms. The van der Waals surface area contributed by atoms with Gasteiger partial charge in [-0.1, -0.05) is 20.4 Å². The number of hydrogen-bond acceptors (Lipinski definition) is 3. The Hall–Kier alpha value is -0.390. The van der Waals surface area contributed by atoms with Crippen LogP contribution in [0.5, 0.6) is 0 Å². The molecule has 0 aliphatic carbocycles. The van der Waals surface area contributed by atoms with E-state index < -0.39 is 10.0 Å². The van der Waals surface area contributed by atoms with Gasteiger partial charge >= 0.3 is 0 Å². The lowest BCUT2D eigenvalue weighted by molar-refractivity contribution is 0.0242. The fourth-order valence-electron chi connectivity index (χ4n) is 2.22. The summed E-state index contributed by atoms with van der Waals surface area (Å²) in [5.41, 5.74) is -0.297. The topological polar surface area (TPSA) is 57.6 Å². The van der Waals surface area contributed by atoms with Crippen LogP contribution in [0.2, 0.25) is 0 Å². The Kier molecular flexibility index (Phi) is 4.15. The van der Waals surface area contributed by atoms with Crippen LogP contribution in [0.4, 0.5) is 0 Å². The number of rotatable bonds is 4. The SMILES string of the molecule is C=CS(=O)(=O)N1CCCC(CO)(C(C)C)C1. The van der Waals surface area contributed by atoms with Crippen LogP contribution in [-0.4, -0.2) is 37.5 Å². The summed E-state index contributed by atoms with van der Waals surface area (Å²) >= 11 is 0. The average Bonchev–Trinajstić information content (AvgIpc) is 2.28. The summed E-state index contributed by atoms with van der Waals surface area (Å²) in [6.07, 6.45) is 1.68. The van der Waals surface area contributed by atoms with Gasteiger partial charge in [0.1, 0.15) is 0 Å². The molecular weight excluding hydrogens is 226 g/mol. The van der Waals surface area contributed by atoms with Crippen molar-refractivity contribution in [2.45, 2.75) is 26.7 Å². The van der Waals surface area contributed by atoms with E-state index in [1.54, 1.807) is 0 Å². The Labute approximate surface area is 98.0 Å². The van der Waals surface area contributed by atoms with Gasteiger partial charge in [-0.2, -0.15) is 4.31 Å². The summed E-state index contributed by atoms with van der Waals surface area (Å²) in [6.45, 7) is 8.35. The molecule has 1 aliphatic heterocycles. The monoisotopic (exact) mass is 247 g/mol. The molecule has 1 unspecified atom stereocenters. The van der Waals surface area contributed by atoms with E-state index in [0.29, 0.717) is 13.1 Å². The molecule has 1 saturated heterocycles. The third kappa shape index (κ3) is 2.47. The van der Waals surface area contributed by atoms with Gasteiger partial charge in [0.05, 0.1) is 6.61 Å². The van der Waals surface area contributed by atoms with Crippen LogP contribution < -0.4 is 0 Å².